The van der Waals surface area contributed by atoms with Gasteiger partial charge >= 0.3 is 0 Å². The van der Waals surface area contributed by atoms with Crippen LogP contribution in [0.3, 0.4) is 0 Å². The third-order valence-corrected chi connectivity index (χ3v) is 6.86. The molecule has 0 unspecified atom stereocenters. The van der Waals surface area contributed by atoms with Gasteiger partial charge in [0.2, 0.25) is 11.8 Å². The second-order valence-corrected chi connectivity index (χ2v) is 9.33. The van der Waals surface area contributed by atoms with Crippen LogP contribution in [0.4, 0.5) is 5.95 Å². The first kappa shape index (κ1) is 26.7. The number of nitrogens with zero attached hydrogens (tertiary/aromatic N) is 3. The van der Waals surface area contributed by atoms with Crippen molar-refractivity contribution >= 4 is 39.1 Å². The highest BCUT2D eigenvalue weighted by Gasteiger charge is 2.22. The van der Waals surface area contributed by atoms with Gasteiger partial charge < -0.3 is 15.4 Å². The molecule has 1 aliphatic heterocycles. The number of anilines is 1. The van der Waals surface area contributed by atoms with Crippen LogP contribution in [0.1, 0.15) is 57.9 Å². The predicted octanol–water partition coefficient (Wildman–Crippen LogP) is 6.81. The van der Waals surface area contributed by atoms with Crippen molar-refractivity contribution in [1.29, 1.82) is 0 Å². The Morgan fingerprint density at radius 3 is 2.57 bits per heavy atom. The second kappa shape index (κ2) is 12.7. The molecular weight excluding hydrogens is 454 g/mol. The maximum Gasteiger partial charge on any atom is 0.235 e. The molecule has 0 amide bonds. The molecule has 4 rings (SSSR count). The maximum absolute atomic E-state index is 6.58. The monoisotopic (exact) mass is 491 g/mol. The molecule has 0 spiro atoms. The highest BCUT2D eigenvalue weighted by Crippen LogP contribution is 2.39. The zero-order valence-electron chi connectivity index (χ0n) is 21.9. The van der Waals surface area contributed by atoms with Gasteiger partial charge in [-0.25, -0.2) is 15.0 Å². The minimum Gasteiger partial charge on any atom is -0.437 e. The number of hydrogen-bond acceptors (Lipinski definition) is 7. The molecule has 3 aromatic rings. The Morgan fingerprint density at radius 1 is 1.11 bits per heavy atom. The lowest BCUT2D eigenvalue weighted by atomic mass is 10.00. The summed E-state index contributed by atoms with van der Waals surface area (Å²) in [6, 6.07) is 12.8. The van der Waals surface area contributed by atoms with Gasteiger partial charge in [-0.2, -0.15) is 0 Å². The van der Waals surface area contributed by atoms with Crippen LogP contribution in [-0.4, -0.2) is 34.5 Å². The smallest absolute Gasteiger partial charge is 0.235 e. The molecule has 2 N–H and O–H groups in total. The van der Waals surface area contributed by atoms with E-state index in [2.05, 4.69) is 66.7 Å². The predicted molar refractivity (Wildman–Crippen MR) is 151 cm³/mol. The van der Waals surface area contributed by atoms with Crippen molar-refractivity contribution in [2.75, 3.05) is 18.1 Å². The van der Waals surface area contributed by atoms with Crippen molar-refractivity contribution in [1.82, 2.24) is 15.3 Å². The number of aryl methyl sites for hydroxylation is 1. The molecule has 0 radical (unpaired) electrons. The quantitative estimate of drug-likeness (QED) is 0.361. The van der Waals surface area contributed by atoms with Gasteiger partial charge in [0, 0.05) is 35.6 Å². The number of fused-ring (bicyclic) bond motifs is 1. The van der Waals surface area contributed by atoms with E-state index in [9.17, 15) is 0 Å². The first-order valence-corrected chi connectivity index (χ1v) is 13.3. The Labute approximate surface area is 213 Å². The Kier molecular flexibility index (Phi) is 9.69. The lowest BCUT2D eigenvalue weighted by Crippen LogP contribution is -2.16. The minimum atomic E-state index is 0.300. The van der Waals surface area contributed by atoms with Crippen molar-refractivity contribution in [2.45, 2.75) is 60.5 Å². The molecule has 2 heterocycles. The summed E-state index contributed by atoms with van der Waals surface area (Å²) >= 11 is 1.70. The van der Waals surface area contributed by atoms with Crippen molar-refractivity contribution in [3.8, 4) is 5.75 Å². The Bertz CT molecular complexity index is 1220. The summed E-state index contributed by atoms with van der Waals surface area (Å²) in [7, 11) is 1.97. The molecule has 0 bridgehead atoms. The largest absolute Gasteiger partial charge is 0.437 e. The van der Waals surface area contributed by atoms with Crippen LogP contribution in [0.25, 0.3) is 15.7 Å². The number of aromatic nitrogens is 2. The van der Waals surface area contributed by atoms with E-state index in [1.807, 2.05) is 33.9 Å². The molecule has 6 nitrogen and oxygen atoms in total. The van der Waals surface area contributed by atoms with Gasteiger partial charge in [0.15, 0.2) is 0 Å². The molecule has 2 aromatic carbocycles. The first-order chi connectivity index (χ1) is 17.0. The molecular formula is C28H37N5OS. The topological polar surface area (TPSA) is 71.4 Å². The molecule has 7 heteroatoms. The molecule has 0 saturated carbocycles. The van der Waals surface area contributed by atoms with E-state index in [-0.39, 0.29) is 0 Å². The third kappa shape index (κ3) is 6.41. The van der Waals surface area contributed by atoms with Crippen molar-refractivity contribution in [3.05, 3.63) is 65.3 Å². The summed E-state index contributed by atoms with van der Waals surface area (Å²) in [5.74, 6) is 2.86. The molecule has 186 valence electrons. The lowest BCUT2D eigenvalue weighted by Gasteiger charge is -2.20. The average Bonchev–Trinajstić information content (AvgIpc) is 2.88. The maximum atomic E-state index is 6.58. The second-order valence-electron chi connectivity index (χ2n) is 8.35. The van der Waals surface area contributed by atoms with Crippen LogP contribution < -0.4 is 15.4 Å². The van der Waals surface area contributed by atoms with Gasteiger partial charge in [0.1, 0.15) is 5.75 Å². The van der Waals surface area contributed by atoms with Crippen molar-refractivity contribution in [2.24, 2.45) is 4.99 Å². The fourth-order valence-electron chi connectivity index (χ4n) is 3.77. The minimum absolute atomic E-state index is 0.300. The normalized spacial score (nSPS) is 14.2. The number of benzene rings is 2. The SMILES string of the molecule is CC.CC[C@@H](C)Nc1nccc(C2=C(Oc3c(C)cc(CNC)c4ccccc34)N=C(C)CS2)n1. The van der Waals surface area contributed by atoms with Gasteiger partial charge in [-0.1, -0.05) is 51.1 Å². The fraction of sp³-hybridized carbons (Fsp3) is 0.393. The Morgan fingerprint density at radius 2 is 1.86 bits per heavy atom. The summed E-state index contributed by atoms with van der Waals surface area (Å²) in [5, 5.41) is 8.89. The van der Waals surface area contributed by atoms with E-state index >= 15 is 0 Å². The Balaban J connectivity index is 0.00000167. The lowest BCUT2D eigenvalue weighted by molar-refractivity contribution is 0.426. The van der Waals surface area contributed by atoms with Crippen molar-refractivity contribution in [3.63, 3.8) is 0 Å². The number of rotatable bonds is 8. The summed E-state index contributed by atoms with van der Waals surface area (Å²) in [5.41, 5.74) is 4.18. The van der Waals surface area contributed by atoms with Crippen LogP contribution in [0.15, 0.2) is 53.5 Å². The number of hydrogen-bond donors (Lipinski definition) is 2. The Hall–Kier alpha value is -2.90. The van der Waals surface area contributed by atoms with Gasteiger partial charge in [-0.05, 0) is 56.8 Å². The first-order valence-electron chi connectivity index (χ1n) is 12.3. The zero-order valence-corrected chi connectivity index (χ0v) is 22.7. The van der Waals surface area contributed by atoms with E-state index in [1.165, 1.54) is 10.9 Å². The van der Waals surface area contributed by atoms with E-state index in [4.69, 9.17) is 14.7 Å². The van der Waals surface area contributed by atoms with E-state index in [1.54, 1.807) is 18.0 Å². The van der Waals surface area contributed by atoms with Gasteiger partial charge in [-0.3, -0.25) is 0 Å². The summed E-state index contributed by atoms with van der Waals surface area (Å²) < 4.78 is 6.58. The van der Waals surface area contributed by atoms with E-state index < -0.39 is 0 Å². The molecule has 1 aromatic heterocycles. The van der Waals surface area contributed by atoms with Crippen LogP contribution in [-0.2, 0) is 6.54 Å². The van der Waals surface area contributed by atoms with Gasteiger partial charge in [0.05, 0.1) is 10.6 Å². The van der Waals surface area contributed by atoms with Crippen LogP contribution in [0.2, 0.25) is 0 Å². The molecule has 35 heavy (non-hydrogen) atoms. The van der Waals surface area contributed by atoms with Gasteiger partial charge in [0.25, 0.3) is 0 Å². The number of thioether (sulfide) groups is 1. The summed E-state index contributed by atoms with van der Waals surface area (Å²) in [6.45, 7) is 13.2. The molecule has 1 atom stereocenters. The highest BCUT2D eigenvalue weighted by molar-refractivity contribution is 8.09. The van der Waals surface area contributed by atoms with Crippen LogP contribution >= 0.6 is 11.8 Å². The zero-order chi connectivity index (χ0) is 25.4. The van der Waals surface area contributed by atoms with Crippen LogP contribution in [0, 0.1) is 6.92 Å². The third-order valence-electron chi connectivity index (χ3n) is 5.62. The van der Waals surface area contributed by atoms with Crippen LogP contribution in [0.5, 0.6) is 5.75 Å². The van der Waals surface area contributed by atoms with Gasteiger partial charge in [-0.15, -0.1) is 11.8 Å². The number of ether oxygens (including phenoxy) is 1. The number of aliphatic imine (C=N–C) groups is 1. The average molecular weight is 492 g/mol. The molecule has 0 saturated heterocycles. The van der Waals surface area contributed by atoms with E-state index in [0.717, 1.165) is 51.7 Å². The fourth-order valence-corrected chi connectivity index (χ4v) is 4.66. The summed E-state index contributed by atoms with van der Waals surface area (Å²) in [6.07, 6.45) is 2.79. The molecule has 0 aliphatic carbocycles. The molecule has 1 aliphatic rings. The standard InChI is InChI=1S/C26H31N5OS.C2H6/c1-6-17(3)30-26-28-12-11-22(31-26)24-25(29-18(4)15-33-24)32-23-16(2)13-19(14-27-5)20-9-7-8-10-21(20)23;1-2/h7-13,17,27H,6,14-15H2,1-5H3,(H,28,30,31);1-2H3/t17-;/m1./s1. The molecule has 0 fully saturated rings. The van der Waals surface area contributed by atoms with E-state index in [0.29, 0.717) is 17.9 Å². The summed E-state index contributed by atoms with van der Waals surface area (Å²) in [4.78, 5) is 14.9. The highest BCUT2D eigenvalue weighted by atomic mass is 32.2. The van der Waals surface area contributed by atoms with Crippen molar-refractivity contribution < 1.29 is 4.74 Å². The number of nitrogens with one attached hydrogen (secondary N) is 2.